The predicted molar refractivity (Wildman–Crippen MR) is 94.9 cm³/mol. The highest BCUT2D eigenvalue weighted by Gasteiger charge is 2.52. The van der Waals surface area contributed by atoms with Crippen LogP contribution in [-0.4, -0.2) is 54.7 Å². The van der Waals surface area contributed by atoms with Crippen LogP contribution in [0.3, 0.4) is 0 Å². The lowest BCUT2D eigenvalue weighted by Crippen LogP contribution is -2.52. The van der Waals surface area contributed by atoms with Gasteiger partial charge in [0.25, 0.3) is 0 Å². The van der Waals surface area contributed by atoms with Crippen LogP contribution in [0.15, 0.2) is 49.6 Å². The smallest absolute Gasteiger partial charge is 0.410 e. The lowest BCUT2D eigenvalue weighted by molar-refractivity contribution is -0.122. The Morgan fingerprint density at radius 2 is 1.92 bits per heavy atom. The molecule has 0 aromatic heterocycles. The lowest BCUT2D eigenvalue weighted by atomic mass is 10.1. The fourth-order valence-corrected chi connectivity index (χ4v) is 3.33. The van der Waals surface area contributed by atoms with Crippen LogP contribution in [0.5, 0.6) is 0 Å². The van der Waals surface area contributed by atoms with E-state index >= 15 is 0 Å². The topological polar surface area (TPSA) is 76.2 Å². The second-order valence-corrected chi connectivity index (χ2v) is 6.07. The SMILES string of the molecule is C=CCOC(=O)c1cccc(N2C(=O)C3CC2CN3C(=O)OCC=C)c1. The third-order valence-corrected chi connectivity index (χ3v) is 4.42. The molecule has 2 saturated heterocycles. The van der Waals surface area contributed by atoms with Crippen molar-refractivity contribution >= 4 is 23.7 Å². The Balaban J connectivity index is 1.74. The predicted octanol–water partition coefficient (Wildman–Crippen LogP) is 2.14. The van der Waals surface area contributed by atoms with Crippen molar-refractivity contribution in [1.29, 1.82) is 0 Å². The van der Waals surface area contributed by atoms with Gasteiger partial charge in [-0.05, 0) is 24.6 Å². The molecule has 2 amide bonds. The number of nitrogens with zero attached hydrogens (tertiary/aromatic N) is 2. The molecule has 7 heteroatoms. The number of anilines is 1. The van der Waals surface area contributed by atoms with Crippen LogP contribution in [-0.2, 0) is 14.3 Å². The molecule has 2 unspecified atom stereocenters. The van der Waals surface area contributed by atoms with Crippen molar-refractivity contribution in [3.63, 3.8) is 0 Å². The van der Waals surface area contributed by atoms with Gasteiger partial charge in [0.1, 0.15) is 19.3 Å². The number of likely N-dealkylation sites (tertiary alicyclic amines) is 1. The summed E-state index contributed by atoms with van der Waals surface area (Å²) < 4.78 is 10.1. The van der Waals surface area contributed by atoms with Crippen molar-refractivity contribution in [1.82, 2.24) is 4.90 Å². The summed E-state index contributed by atoms with van der Waals surface area (Å²) in [6.45, 7) is 7.64. The quantitative estimate of drug-likeness (QED) is 0.577. The highest BCUT2D eigenvalue weighted by molar-refractivity contribution is 6.04. The van der Waals surface area contributed by atoms with Gasteiger partial charge in [-0.2, -0.15) is 0 Å². The molecular weight excluding hydrogens is 336 g/mol. The number of esters is 1. The summed E-state index contributed by atoms with van der Waals surface area (Å²) >= 11 is 0. The molecule has 0 radical (unpaired) electrons. The van der Waals surface area contributed by atoms with Gasteiger partial charge >= 0.3 is 12.1 Å². The van der Waals surface area contributed by atoms with Gasteiger partial charge in [0.2, 0.25) is 5.91 Å². The monoisotopic (exact) mass is 356 g/mol. The maximum atomic E-state index is 12.7. The molecule has 2 aliphatic rings. The third kappa shape index (κ3) is 3.20. The first-order valence-corrected chi connectivity index (χ1v) is 8.32. The summed E-state index contributed by atoms with van der Waals surface area (Å²) in [5, 5.41) is 0. The molecule has 7 nitrogen and oxygen atoms in total. The first-order valence-electron chi connectivity index (χ1n) is 8.32. The number of hydrogen-bond acceptors (Lipinski definition) is 5. The lowest BCUT2D eigenvalue weighted by Gasteiger charge is -2.33. The molecule has 1 aromatic rings. The highest BCUT2D eigenvalue weighted by Crippen LogP contribution is 2.36. The van der Waals surface area contributed by atoms with Crippen molar-refractivity contribution in [3.05, 3.63) is 55.1 Å². The van der Waals surface area contributed by atoms with Gasteiger partial charge in [-0.1, -0.05) is 31.4 Å². The highest BCUT2D eigenvalue weighted by atomic mass is 16.6. The molecule has 2 heterocycles. The van der Waals surface area contributed by atoms with Crippen molar-refractivity contribution < 1.29 is 23.9 Å². The van der Waals surface area contributed by atoms with E-state index < -0.39 is 18.1 Å². The Morgan fingerprint density at radius 3 is 2.62 bits per heavy atom. The number of piperazine rings is 1. The van der Waals surface area contributed by atoms with Crippen molar-refractivity contribution in [2.45, 2.75) is 18.5 Å². The number of ether oxygens (including phenoxy) is 2. The van der Waals surface area contributed by atoms with Gasteiger partial charge in [-0.25, -0.2) is 9.59 Å². The van der Waals surface area contributed by atoms with Gasteiger partial charge in [-0.15, -0.1) is 0 Å². The molecule has 0 N–H and O–H groups in total. The van der Waals surface area contributed by atoms with E-state index in [2.05, 4.69) is 13.2 Å². The Labute approximate surface area is 151 Å². The number of hydrogen-bond donors (Lipinski definition) is 0. The largest absolute Gasteiger partial charge is 0.458 e. The van der Waals surface area contributed by atoms with E-state index in [-0.39, 0.29) is 25.2 Å². The van der Waals surface area contributed by atoms with Crippen LogP contribution in [0.1, 0.15) is 16.8 Å². The zero-order chi connectivity index (χ0) is 18.7. The van der Waals surface area contributed by atoms with Crippen LogP contribution in [0.2, 0.25) is 0 Å². The number of carbonyl (C=O) groups excluding carboxylic acids is 3. The van der Waals surface area contributed by atoms with Crippen molar-refractivity contribution in [2.75, 3.05) is 24.7 Å². The molecule has 0 spiro atoms. The van der Waals surface area contributed by atoms with E-state index in [1.54, 1.807) is 29.2 Å². The van der Waals surface area contributed by atoms with Gasteiger partial charge in [0.15, 0.2) is 0 Å². The summed E-state index contributed by atoms with van der Waals surface area (Å²) in [5.41, 5.74) is 0.983. The minimum atomic E-state index is -0.534. The van der Waals surface area contributed by atoms with E-state index in [0.717, 1.165) is 0 Å². The van der Waals surface area contributed by atoms with Crippen LogP contribution in [0.4, 0.5) is 10.5 Å². The number of benzene rings is 1. The molecule has 1 aromatic carbocycles. The molecule has 2 atom stereocenters. The third-order valence-electron chi connectivity index (χ3n) is 4.42. The Morgan fingerprint density at radius 1 is 1.19 bits per heavy atom. The number of carbonyl (C=O) groups is 3. The zero-order valence-electron chi connectivity index (χ0n) is 14.3. The Hall–Kier alpha value is -3.09. The summed E-state index contributed by atoms with van der Waals surface area (Å²) in [6, 6.07) is 6.06. The molecular formula is C19H20N2O5. The van der Waals surface area contributed by atoms with Crippen molar-refractivity contribution in [3.8, 4) is 0 Å². The molecule has 136 valence electrons. The van der Waals surface area contributed by atoms with Crippen molar-refractivity contribution in [2.24, 2.45) is 0 Å². The normalized spacial score (nSPS) is 20.8. The van der Waals surface area contributed by atoms with Crippen LogP contribution >= 0.6 is 0 Å². The van der Waals surface area contributed by atoms with Gasteiger partial charge in [0, 0.05) is 12.2 Å². The molecule has 2 aliphatic heterocycles. The second-order valence-electron chi connectivity index (χ2n) is 6.07. The standard InChI is InChI=1S/C19H20N2O5/c1-3-8-25-18(23)13-6-5-7-14(10-13)21-15-11-16(17(21)22)20(12-15)19(24)26-9-4-2/h3-7,10,15-16H,1-2,8-9,11-12H2. The van der Waals surface area contributed by atoms with Gasteiger partial charge in [0.05, 0.1) is 11.6 Å². The minimum Gasteiger partial charge on any atom is -0.458 e. The zero-order valence-corrected chi connectivity index (χ0v) is 14.3. The van der Waals surface area contributed by atoms with Crippen LogP contribution in [0, 0.1) is 0 Å². The van der Waals surface area contributed by atoms with Crippen LogP contribution < -0.4 is 4.90 Å². The van der Waals surface area contributed by atoms with E-state index in [1.807, 2.05) is 0 Å². The fourth-order valence-electron chi connectivity index (χ4n) is 3.33. The molecule has 3 rings (SSSR count). The van der Waals surface area contributed by atoms with E-state index in [1.165, 1.54) is 17.1 Å². The molecule has 2 fully saturated rings. The van der Waals surface area contributed by atoms with E-state index in [0.29, 0.717) is 24.2 Å². The molecule has 26 heavy (non-hydrogen) atoms. The molecule has 2 bridgehead atoms. The van der Waals surface area contributed by atoms with Crippen LogP contribution in [0.25, 0.3) is 0 Å². The first-order chi connectivity index (χ1) is 12.6. The average molecular weight is 356 g/mol. The summed E-state index contributed by atoms with van der Waals surface area (Å²) in [7, 11) is 0. The maximum absolute atomic E-state index is 12.7. The van der Waals surface area contributed by atoms with E-state index in [4.69, 9.17) is 9.47 Å². The summed E-state index contributed by atoms with van der Waals surface area (Å²) in [4.78, 5) is 39.9. The Bertz CT molecular complexity index is 760. The first kappa shape index (κ1) is 17.7. The number of amides is 2. The minimum absolute atomic E-state index is 0.111. The number of rotatable bonds is 6. The van der Waals surface area contributed by atoms with E-state index in [9.17, 15) is 14.4 Å². The van der Waals surface area contributed by atoms with Gasteiger partial charge < -0.3 is 14.4 Å². The maximum Gasteiger partial charge on any atom is 0.410 e. The second kappa shape index (κ2) is 7.43. The fraction of sp³-hybridized carbons (Fsp3) is 0.316. The molecule has 0 saturated carbocycles. The van der Waals surface area contributed by atoms with Gasteiger partial charge in [-0.3, -0.25) is 9.69 Å². The molecule has 0 aliphatic carbocycles. The Kier molecular flexibility index (Phi) is 5.06. The average Bonchev–Trinajstić information content (AvgIpc) is 3.22. The number of fused-ring (bicyclic) bond motifs is 2. The summed E-state index contributed by atoms with van der Waals surface area (Å²) in [6.07, 6.45) is 3.02. The summed E-state index contributed by atoms with van der Waals surface area (Å²) in [5.74, 6) is -0.647.